The lowest BCUT2D eigenvalue weighted by Crippen LogP contribution is -2.56. The first-order valence-electron chi connectivity index (χ1n) is 7.13. The van der Waals surface area contributed by atoms with Crippen molar-refractivity contribution < 1.29 is 14.7 Å². The predicted molar refractivity (Wildman–Crippen MR) is 74.5 cm³/mol. The molecule has 0 aliphatic heterocycles. The molecule has 1 saturated carbocycles. The summed E-state index contributed by atoms with van der Waals surface area (Å²) in [5, 5.41) is 19.7. The first kappa shape index (κ1) is 15.4. The minimum Gasteiger partial charge on any atom is -0.480 e. The van der Waals surface area contributed by atoms with Gasteiger partial charge in [0.2, 0.25) is 0 Å². The Bertz CT molecular complexity index is 530. The molecule has 0 spiro atoms. The van der Waals surface area contributed by atoms with E-state index in [0.29, 0.717) is 25.9 Å². The van der Waals surface area contributed by atoms with E-state index in [9.17, 15) is 14.7 Å². The molecule has 21 heavy (non-hydrogen) atoms. The number of nitrogens with one attached hydrogen (secondary N) is 1. The number of hydrogen-bond acceptors (Lipinski definition) is 5. The third-order valence-corrected chi connectivity index (χ3v) is 3.89. The van der Waals surface area contributed by atoms with Crippen molar-refractivity contribution >= 4 is 11.9 Å². The Labute approximate surface area is 122 Å². The van der Waals surface area contributed by atoms with Crippen molar-refractivity contribution in [1.29, 1.82) is 0 Å². The van der Waals surface area contributed by atoms with E-state index in [2.05, 4.69) is 15.6 Å². The van der Waals surface area contributed by atoms with E-state index in [1.165, 1.54) is 10.9 Å². The molecule has 1 aromatic heterocycles. The predicted octanol–water partition coefficient (Wildman–Crippen LogP) is 0.000100. The summed E-state index contributed by atoms with van der Waals surface area (Å²) < 4.78 is 1.46. The molecule has 8 heteroatoms. The summed E-state index contributed by atoms with van der Waals surface area (Å²) in [6.45, 7) is 2.85. The van der Waals surface area contributed by atoms with Gasteiger partial charge < -0.3 is 16.2 Å². The molecule has 116 valence electrons. The van der Waals surface area contributed by atoms with Crippen LogP contribution in [-0.4, -0.2) is 44.1 Å². The smallest absolute Gasteiger partial charge is 0.329 e. The number of aromatic nitrogens is 3. The van der Waals surface area contributed by atoms with Crippen molar-refractivity contribution in [3.63, 3.8) is 0 Å². The molecule has 0 radical (unpaired) electrons. The van der Waals surface area contributed by atoms with E-state index in [1.54, 1.807) is 0 Å². The van der Waals surface area contributed by atoms with Crippen molar-refractivity contribution in [2.24, 2.45) is 11.7 Å². The minimum atomic E-state index is -1.20. The Hall–Kier alpha value is -1.96. The van der Waals surface area contributed by atoms with Crippen LogP contribution in [0.25, 0.3) is 0 Å². The Balaban J connectivity index is 2.12. The Morgan fingerprint density at radius 3 is 3.00 bits per heavy atom. The SMILES string of the molecule is CC1CCCC(NC(=O)c2cn(CCN)nn2)(C(=O)O)C1. The number of carboxylic acids is 1. The average Bonchev–Trinajstić information content (AvgIpc) is 2.87. The zero-order valence-corrected chi connectivity index (χ0v) is 12.1. The number of nitrogens with two attached hydrogens (primary N) is 1. The van der Waals surface area contributed by atoms with Gasteiger partial charge in [0.05, 0.1) is 12.7 Å². The molecule has 1 fully saturated rings. The monoisotopic (exact) mass is 295 g/mol. The van der Waals surface area contributed by atoms with Crippen LogP contribution < -0.4 is 11.1 Å². The Morgan fingerprint density at radius 1 is 1.62 bits per heavy atom. The largest absolute Gasteiger partial charge is 0.480 e. The first-order valence-corrected chi connectivity index (χ1v) is 7.13. The van der Waals surface area contributed by atoms with Gasteiger partial charge in [-0.05, 0) is 18.8 Å². The molecule has 1 aliphatic carbocycles. The average molecular weight is 295 g/mol. The van der Waals surface area contributed by atoms with Crippen molar-refractivity contribution in [1.82, 2.24) is 20.3 Å². The first-order chi connectivity index (χ1) is 9.97. The van der Waals surface area contributed by atoms with E-state index in [-0.39, 0.29) is 11.6 Å². The third kappa shape index (κ3) is 3.38. The molecule has 2 atom stereocenters. The van der Waals surface area contributed by atoms with E-state index >= 15 is 0 Å². The van der Waals surface area contributed by atoms with Gasteiger partial charge in [-0.15, -0.1) is 5.10 Å². The molecular weight excluding hydrogens is 274 g/mol. The highest BCUT2D eigenvalue weighted by Gasteiger charge is 2.43. The van der Waals surface area contributed by atoms with Gasteiger partial charge in [-0.25, -0.2) is 4.79 Å². The summed E-state index contributed by atoms with van der Waals surface area (Å²) in [5.41, 5.74) is 4.32. The fourth-order valence-corrected chi connectivity index (χ4v) is 2.84. The standard InChI is InChI=1S/C13H21N5O3/c1-9-3-2-4-13(7-9,12(20)21)15-11(19)10-8-18(6-5-14)17-16-10/h8-9H,2-7,14H2,1H3,(H,15,19)(H,20,21). The zero-order chi connectivity index (χ0) is 15.5. The minimum absolute atomic E-state index is 0.113. The van der Waals surface area contributed by atoms with Crippen LogP contribution in [0.2, 0.25) is 0 Å². The fraction of sp³-hybridized carbons (Fsp3) is 0.692. The summed E-state index contributed by atoms with van der Waals surface area (Å²) in [6, 6.07) is 0. The number of carbonyl (C=O) groups excluding carboxylic acids is 1. The van der Waals surface area contributed by atoms with E-state index in [0.717, 1.165) is 12.8 Å². The van der Waals surface area contributed by atoms with Gasteiger partial charge in [-0.2, -0.15) is 0 Å². The maximum atomic E-state index is 12.2. The molecule has 1 amide bonds. The van der Waals surface area contributed by atoms with E-state index in [4.69, 9.17) is 5.73 Å². The fourth-order valence-electron chi connectivity index (χ4n) is 2.84. The number of hydrogen-bond donors (Lipinski definition) is 3. The van der Waals surface area contributed by atoms with Crippen molar-refractivity contribution in [3.05, 3.63) is 11.9 Å². The van der Waals surface area contributed by atoms with E-state index in [1.807, 2.05) is 6.92 Å². The lowest BCUT2D eigenvalue weighted by Gasteiger charge is -2.36. The highest BCUT2D eigenvalue weighted by Crippen LogP contribution is 2.32. The number of carboxylic acid groups (broad SMARTS) is 1. The summed E-state index contributed by atoms with van der Waals surface area (Å²) in [6.07, 6.45) is 4.12. The van der Waals surface area contributed by atoms with Crippen LogP contribution in [0, 0.1) is 5.92 Å². The molecule has 2 rings (SSSR count). The maximum Gasteiger partial charge on any atom is 0.329 e. The quantitative estimate of drug-likeness (QED) is 0.702. The number of rotatable bonds is 5. The number of nitrogens with zero attached hydrogens (tertiary/aromatic N) is 3. The molecule has 0 aromatic carbocycles. The normalized spacial score (nSPS) is 25.5. The molecule has 0 saturated heterocycles. The maximum absolute atomic E-state index is 12.2. The number of aliphatic carboxylic acids is 1. The van der Waals surface area contributed by atoms with Crippen LogP contribution in [0.5, 0.6) is 0 Å². The van der Waals surface area contributed by atoms with Gasteiger partial charge in [-0.1, -0.05) is 25.0 Å². The molecule has 8 nitrogen and oxygen atoms in total. The van der Waals surface area contributed by atoms with Gasteiger partial charge in [0.15, 0.2) is 5.69 Å². The van der Waals surface area contributed by atoms with Crippen LogP contribution in [-0.2, 0) is 11.3 Å². The van der Waals surface area contributed by atoms with Crippen LogP contribution >= 0.6 is 0 Å². The van der Waals surface area contributed by atoms with Crippen LogP contribution in [0.3, 0.4) is 0 Å². The number of amides is 1. The van der Waals surface area contributed by atoms with Crippen LogP contribution in [0.15, 0.2) is 6.20 Å². The zero-order valence-electron chi connectivity index (χ0n) is 12.1. The van der Waals surface area contributed by atoms with Gasteiger partial charge in [0.25, 0.3) is 5.91 Å². The lowest BCUT2D eigenvalue weighted by molar-refractivity contribution is -0.146. The summed E-state index contributed by atoms with van der Waals surface area (Å²) in [4.78, 5) is 23.8. The second kappa shape index (κ2) is 6.21. The van der Waals surface area contributed by atoms with Gasteiger partial charge >= 0.3 is 5.97 Å². The second-order valence-corrected chi connectivity index (χ2v) is 5.70. The Morgan fingerprint density at radius 2 is 2.38 bits per heavy atom. The molecule has 1 heterocycles. The number of carbonyl (C=O) groups is 2. The van der Waals surface area contributed by atoms with Gasteiger partial charge in [-0.3, -0.25) is 9.48 Å². The molecule has 0 bridgehead atoms. The molecule has 4 N–H and O–H groups in total. The van der Waals surface area contributed by atoms with Crippen molar-refractivity contribution in [2.45, 2.75) is 44.7 Å². The summed E-state index contributed by atoms with van der Waals surface area (Å²) in [5.74, 6) is -1.23. The van der Waals surface area contributed by atoms with Gasteiger partial charge in [0.1, 0.15) is 5.54 Å². The van der Waals surface area contributed by atoms with Crippen LogP contribution in [0.1, 0.15) is 43.1 Å². The molecule has 2 unspecified atom stereocenters. The highest BCUT2D eigenvalue weighted by molar-refractivity contribution is 5.96. The molecular formula is C13H21N5O3. The topological polar surface area (TPSA) is 123 Å². The second-order valence-electron chi connectivity index (χ2n) is 5.70. The van der Waals surface area contributed by atoms with Gasteiger partial charge in [0, 0.05) is 6.54 Å². The van der Waals surface area contributed by atoms with Crippen molar-refractivity contribution in [2.75, 3.05) is 6.54 Å². The lowest BCUT2D eigenvalue weighted by atomic mass is 9.76. The van der Waals surface area contributed by atoms with E-state index < -0.39 is 17.4 Å². The van der Waals surface area contributed by atoms with Crippen LogP contribution in [0.4, 0.5) is 0 Å². The summed E-state index contributed by atoms with van der Waals surface area (Å²) in [7, 11) is 0. The van der Waals surface area contributed by atoms with Crippen molar-refractivity contribution in [3.8, 4) is 0 Å². The summed E-state index contributed by atoms with van der Waals surface area (Å²) >= 11 is 0. The molecule has 1 aromatic rings. The third-order valence-electron chi connectivity index (χ3n) is 3.89. The Kier molecular flexibility index (Phi) is 4.56. The highest BCUT2D eigenvalue weighted by atomic mass is 16.4. The molecule has 1 aliphatic rings.